The van der Waals surface area contributed by atoms with Crippen LogP contribution in [0.15, 0.2) is 0 Å². The Hall–Kier alpha value is -0.610. The number of methoxy groups -OCH3 is 3. The van der Waals surface area contributed by atoms with Crippen molar-refractivity contribution in [2.45, 2.75) is 110 Å². The van der Waals surface area contributed by atoms with Crippen molar-refractivity contribution in [2.24, 2.45) is 11.8 Å². The molecular formula is C23H46O4. The number of rotatable bonds is 18. The summed E-state index contributed by atoms with van der Waals surface area (Å²) in [5.41, 5.74) is 0. The third-order valence-electron chi connectivity index (χ3n) is 5.81. The van der Waals surface area contributed by atoms with Crippen LogP contribution in [-0.2, 0) is 19.0 Å². The number of ether oxygens (including phenoxy) is 3. The predicted molar refractivity (Wildman–Crippen MR) is 113 cm³/mol. The first kappa shape index (κ1) is 26.4. The first-order valence-corrected chi connectivity index (χ1v) is 11.1. The van der Waals surface area contributed by atoms with Crippen LogP contribution >= 0.6 is 0 Å². The fraction of sp³-hybridized carbons (Fsp3) is 0.957. The summed E-state index contributed by atoms with van der Waals surface area (Å²) in [6, 6.07) is 0. The number of hydrogen-bond donors (Lipinski definition) is 0. The molecule has 0 bridgehead atoms. The largest absolute Gasteiger partial charge is 0.469 e. The van der Waals surface area contributed by atoms with Crippen molar-refractivity contribution in [2.75, 3.05) is 21.3 Å². The molecule has 0 N–H and O–H groups in total. The zero-order valence-corrected chi connectivity index (χ0v) is 18.9. The number of esters is 1. The van der Waals surface area contributed by atoms with Crippen molar-refractivity contribution in [3.63, 3.8) is 0 Å². The summed E-state index contributed by atoms with van der Waals surface area (Å²) in [4.78, 5) is 11.1. The van der Waals surface area contributed by atoms with Crippen LogP contribution < -0.4 is 0 Å². The van der Waals surface area contributed by atoms with Crippen LogP contribution in [0.3, 0.4) is 0 Å². The van der Waals surface area contributed by atoms with E-state index in [0.29, 0.717) is 30.5 Å². The van der Waals surface area contributed by atoms with Gasteiger partial charge in [-0.15, -0.1) is 0 Å². The van der Waals surface area contributed by atoms with Gasteiger partial charge in [-0.05, 0) is 37.5 Å². The predicted octanol–water partition coefficient (Wildman–Crippen LogP) is 6.16. The maximum absolute atomic E-state index is 11.1. The molecule has 0 aromatic heterocycles. The van der Waals surface area contributed by atoms with Gasteiger partial charge in [0.25, 0.3) is 0 Å². The highest BCUT2D eigenvalue weighted by Crippen LogP contribution is 2.26. The van der Waals surface area contributed by atoms with E-state index in [0.717, 1.165) is 25.7 Å². The van der Waals surface area contributed by atoms with Gasteiger partial charge in [0.1, 0.15) is 0 Å². The normalized spacial score (nSPS) is 15.9. The molecule has 0 aliphatic carbocycles. The molecule has 0 saturated carbocycles. The van der Waals surface area contributed by atoms with E-state index in [1.165, 1.54) is 52.1 Å². The molecule has 0 aliphatic heterocycles. The molecule has 27 heavy (non-hydrogen) atoms. The number of hydrogen-bond acceptors (Lipinski definition) is 4. The molecule has 0 aromatic carbocycles. The second-order valence-electron chi connectivity index (χ2n) is 8.12. The lowest BCUT2D eigenvalue weighted by molar-refractivity contribution is -0.140. The lowest BCUT2D eigenvalue weighted by Crippen LogP contribution is -2.28. The second kappa shape index (κ2) is 17.5. The van der Waals surface area contributed by atoms with Crippen molar-refractivity contribution in [1.29, 1.82) is 0 Å². The topological polar surface area (TPSA) is 44.8 Å². The van der Waals surface area contributed by atoms with Gasteiger partial charge in [0.15, 0.2) is 0 Å². The van der Waals surface area contributed by atoms with E-state index in [9.17, 15) is 4.79 Å². The SMILES string of the molecule is CCCCCC(OC)C(C)CC(C)C(CCCCCCCC(=O)OC)OC. The summed E-state index contributed by atoms with van der Waals surface area (Å²) in [5, 5.41) is 0. The minimum absolute atomic E-state index is 0.0959. The highest BCUT2D eigenvalue weighted by atomic mass is 16.5. The molecule has 0 rings (SSSR count). The van der Waals surface area contributed by atoms with Gasteiger partial charge in [0.05, 0.1) is 19.3 Å². The molecule has 0 aromatic rings. The minimum atomic E-state index is -0.0959. The smallest absolute Gasteiger partial charge is 0.305 e. The van der Waals surface area contributed by atoms with E-state index in [4.69, 9.17) is 9.47 Å². The van der Waals surface area contributed by atoms with E-state index in [1.54, 1.807) is 0 Å². The minimum Gasteiger partial charge on any atom is -0.469 e. The fourth-order valence-electron chi connectivity index (χ4n) is 4.00. The molecule has 0 spiro atoms. The van der Waals surface area contributed by atoms with Crippen LogP contribution in [0.1, 0.15) is 97.8 Å². The van der Waals surface area contributed by atoms with E-state index >= 15 is 0 Å². The van der Waals surface area contributed by atoms with Gasteiger partial charge in [-0.25, -0.2) is 0 Å². The zero-order chi connectivity index (χ0) is 20.5. The highest BCUT2D eigenvalue weighted by Gasteiger charge is 2.23. The Labute approximate surface area is 168 Å². The molecule has 162 valence electrons. The van der Waals surface area contributed by atoms with Gasteiger partial charge in [0, 0.05) is 20.6 Å². The molecule has 0 saturated heterocycles. The Morgan fingerprint density at radius 3 is 1.70 bits per heavy atom. The highest BCUT2D eigenvalue weighted by molar-refractivity contribution is 5.68. The Morgan fingerprint density at radius 1 is 0.741 bits per heavy atom. The van der Waals surface area contributed by atoms with Crippen LogP contribution in [0.4, 0.5) is 0 Å². The maximum atomic E-state index is 11.1. The molecule has 0 radical (unpaired) electrons. The van der Waals surface area contributed by atoms with Crippen molar-refractivity contribution in [3.8, 4) is 0 Å². The third kappa shape index (κ3) is 13.2. The van der Waals surface area contributed by atoms with E-state index in [-0.39, 0.29) is 5.97 Å². The van der Waals surface area contributed by atoms with Crippen LogP contribution in [0.25, 0.3) is 0 Å². The van der Waals surface area contributed by atoms with Crippen LogP contribution in [0, 0.1) is 11.8 Å². The van der Waals surface area contributed by atoms with Crippen molar-refractivity contribution >= 4 is 5.97 Å². The van der Waals surface area contributed by atoms with E-state index < -0.39 is 0 Å². The summed E-state index contributed by atoms with van der Waals surface area (Å²) in [5.74, 6) is 1.02. The summed E-state index contributed by atoms with van der Waals surface area (Å²) in [6.07, 6.45) is 14.1. The Kier molecular flexibility index (Phi) is 17.1. The standard InChI is InChI=1S/C23H46O4/c1-7-8-12-15-21(25-4)19(2)18-20(3)22(26-5)16-13-10-9-11-14-17-23(24)27-6/h19-22H,7-18H2,1-6H3. The van der Waals surface area contributed by atoms with Gasteiger partial charge >= 0.3 is 5.97 Å². The molecular weight excluding hydrogens is 340 g/mol. The molecule has 0 amide bonds. The van der Waals surface area contributed by atoms with Gasteiger partial charge in [-0.3, -0.25) is 4.79 Å². The molecule has 0 aliphatic rings. The number of unbranched alkanes of at least 4 members (excludes halogenated alkanes) is 6. The number of carbonyl (C=O) groups excluding carboxylic acids is 1. The molecule has 0 heterocycles. The third-order valence-corrected chi connectivity index (χ3v) is 5.81. The number of carbonyl (C=O) groups is 1. The average Bonchev–Trinajstić information content (AvgIpc) is 2.66. The first-order chi connectivity index (χ1) is 13.0. The monoisotopic (exact) mass is 386 g/mol. The van der Waals surface area contributed by atoms with Gasteiger partial charge < -0.3 is 14.2 Å². The lowest BCUT2D eigenvalue weighted by Gasteiger charge is -2.29. The van der Waals surface area contributed by atoms with Crippen molar-refractivity contribution in [1.82, 2.24) is 0 Å². The molecule has 4 atom stereocenters. The Balaban J connectivity index is 4.03. The van der Waals surface area contributed by atoms with E-state index in [1.807, 2.05) is 14.2 Å². The fourth-order valence-corrected chi connectivity index (χ4v) is 4.00. The summed E-state index contributed by atoms with van der Waals surface area (Å²) < 4.78 is 16.2. The molecule has 4 heteroatoms. The van der Waals surface area contributed by atoms with Gasteiger partial charge in [0.2, 0.25) is 0 Å². The molecule has 0 fully saturated rings. The molecule has 4 unspecified atom stereocenters. The van der Waals surface area contributed by atoms with Gasteiger partial charge in [-0.2, -0.15) is 0 Å². The summed E-state index contributed by atoms with van der Waals surface area (Å²) >= 11 is 0. The van der Waals surface area contributed by atoms with Crippen molar-refractivity contribution in [3.05, 3.63) is 0 Å². The summed E-state index contributed by atoms with van der Waals surface area (Å²) in [6.45, 7) is 6.89. The van der Waals surface area contributed by atoms with Crippen LogP contribution in [-0.4, -0.2) is 39.5 Å². The zero-order valence-electron chi connectivity index (χ0n) is 18.9. The Morgan fingerprint density at radius 2 is 1.22 bits per heavy atom. The Bertz CT molecular complexity index is 345. The summed E-state index contributed by atoms with van der Waals surface area (Å²) in [7, 11) is 5.15. The van der Waals surface area contributed by atoms with Crippen molar-refractivity contribution < 1.29 is 19.0 Å². The van der Waals surface area contributed by atoms with Crippen LogP contribution in [0.2, 0.25) is 0 Å². The quantitative estimate of drug-likeness (QED) is 0.209. The van der Waals surface area contributed by atoms with E-state index in [2.05, 4.69) is 25.5 Å². The lowest BCUT2D eigenvalue weighted by atomic mass is 9.86. The first-order valence-electron chi connectivity index (χ1n) is 11.1. The second-order valence-corrected chi connectivity index (χ2v) is 8.12. The maximum Gasteiger partial charge on any atom is 0.305 e. The average molecular weight is 387 g/mol. The van der Waals surface area contributed by atoms with Gasteiger partial charge in [-0.1, -0.05) is 65.7 Å². The molecule has 4 nitrogen and oxygen atoms in total. The van der Waals surface area contributed by atoms with Crippen LogP contribution in [0.5, 0.6) is 0 Å².